The number of benzene rings is 2. The molecule has 6 aromatic rings. The molecule has 0 spiro atoms. The van der Waals surface area contributed by atoms with Crippen LogP contribution >= 0.6 is 45.3 Å². The third-order valence-electron chi connectivity index (χ3n) is 8.70. The lowest BCUT2D eigenvalue weighted by atomic mass is 9.80. The minimum Gasteiger partial charge on any atom is -0.141 e. The first-order valence-electron chi connectivity index (χ1n) is 13.2. The Bertz CT molecular complexity index is 1800. The number of hydrogen-bond donors (Lipinski definition) is 0. The van der Waals surface area contributed by atoms with Crippen LogP contribution in [-0.4, -0.2) is 0 Å². The van der Waals surface area contributed by atoms with Crippen molar-refractivity contribution in [2.24, 2.45) is 0 Å². The molecule has 2 aliphatic rings. The molecule has 0 unspecified atom stereocenters. The monoisotopic (exact) mass is 564 g/mol. The van der Waals surface area contributed by atoms with Crippen molar-refractivity contribution in [3.63, 3.8) is 0 Å². The Morgan fingerprint density at radius 2 is 0.921 bits per heavy atom. The standard InChI is InChI=1S/C34H28S4/c1-17-7-13-25(35-17)19-9-11-21-23(15-19)33(3,4)27-29(21)37-32-28-30(38-31(27)32)22-12-10-20(16-24(22)34(28,5)6)26-14-8-18(2)36-26/h7-16H,1-6H3. The summed E-state index contributed by atoms with van der Waals surface area (Å²) in [6, 6.07) is 23.4. The van der Waals surface area contributed by atoms with Crippen LogP contribution in [0, 0.1) is 13.8 Å². The molecule has 0 saturated carbocycles. The van der Waals surface area contributed by atoms with Gasteiger partial charge in [-0.25, -0.2) is 0 Å². The van der Waals surface area contributed by atoms with Crippen LogP contribution in [0.2, 0.25) is 0 Å². The van der Waals surface area contributed by atoms with Gasteiger partial charge in [0.05, 0.1) is 9.40 Å². The Kier molecular flexibility index (Phi) is 4.66. The summed E-state index contributed by atoms with van der Waals surface area (Å²) in [6.45, 7) is 14.1. The minimum atomic E-state index is -0.00230. The van der Waals surface area contributed by atoms with Crippen molar-refractivity contribution in [3.05, 3.63) is 92.7 Å². The normalized spacial score (nSPS) is 16.1. The van der Waals surface area contributed by atoms with Crippen LogP contribution in [0.15, 0.2) is 60.7 Å². The van der Waals surface area contributed by atoms with Gasteiger partial charge < -0.3 is 0 Å². The van der Waals surface area contributed by atoms with Crippen molar-refractivity contribution in [2.45, 2.75) is 52.4 Å². The molecule has 4 heteroatoms. The van der Waals surface area contributed by atoms with Crippen LogP contribution in [0.5, 0.6) is 0 Å². The van der Waals surface area contributed by atoms with E-state index in [0.29, 0.717) is 0 Å². The quantitative estimate of drug-likeness (QED) is 0.196. The molecular weight excluding hydrogens is 537 g/mol. The summed E-state index contributed by atoms with van der Waals surface area (Å²) in [4.78, 5) is 8.45. The minimum absolute atomic E-state index is 0.00230. The first kappa shape index (κ1) is 23.4. The van der Waals surface area contributed by atoms with E-state index in [9.17, 15) is 0 Å². The van der Waals surface area contributed by atoms with Crippen LogP contribution in [0.25, 0.3) is 51.2 Å². The first-order chi connectivity index (χ1) is 18.1. The lowest BCUT2D eigenvalue weighted by Crippen LogP contribution is -2.15. The molecule has 0 nitrogen and oxygen atoms in total. The third-order valence-corrected chi connectivity index (χ3v) is 13.4. The van der Waals surface area contributed by atoms with E-state index in [1.807, 2.05) is 45.3 Å². The van der Waals surface area contributed by atoms with Crippen LogP contribution in [0.1, 0.15) is 59.7 Å². The zero-order valence-corrected chi connectivity index (χ0v) is 25.7. The lowest BCUT2D eigenvalue weighted by molar-refractivity contribution is 0.665. The first-order valence-corrected chi connectivity index (χ1v) is 16.4. The Morgan fingerprint density at radius 3 is 1.29 bits per heavy atom. The molecule has 0 amide bonds. The van der Waals surface area contributed by atoms with Crippen LogP contribution in [-0.2, 0) is 10.8 Å². The van der Waals surface area contributed by atoms with E-state index in [0.717, 1.165) is 0 Å². The van der Waals surface area contributed by atoms with Crippen molar-refractivity contribution in [2.75, 3.05) is 0 Å². The molecule has 0 fully saturated rings. The van der Waals surface area contributed by atoms with Crippen molar-refractivity contribution in [3.8, 4) is 41.8 Å². The van der Waals surface area contributed by atoms with Gasteiger partial charge in [0.15, 0.2) is 0 Å². The summed E-state index contributed by atoms with van der Waals surface area (Å²) in [6.07, 6.45) is 0. The smallest absolute Gasteiger partial charge is 0.0507 e. The predicted molar refractivity (Wildman–Crippen MR) is 171 cm³/mol. The van der Waals surface area contributed by atoms with Crippen LogP contribution < -0.4 is 0 Å². The molecule has 0 aliphatic heterocycles. The predicted octanol–water partition coefficient (Wildman–Crippen LogP) is 11.6. The molecule has 2 aromatic carbocycles. The van der Waals surface area contributed by atoms with Gasteiger partial charge in [0, 0.05) is 40.1 Å². The number of aryl methyl sites for hydroxylation is 2. The fourth-order valence-corrected chi connectivity index (χ4v) is 12.0. The van der Waals surface area contributed by atoms with Gasteiger partial charge >= 0.3 is 0 Å². The molecule has 4 aromatic heterocycles. The fraction of sp³-hybridized carbons (Fsp3) is 0.235. The maximum atomic E-state index is 2.47. The highest BCUT2D eigenvalue weighted by molar-refractivity contribution is 7.32. The number of rotatable bonds is 2. The van der Waals surface area contributed by atoms with E-state index in [2.05, 4.69) is 102 Å². The SMILES string of the molecule is Cc1ccc(-c2ccc3c(c2)C(C)(C)c2c-3sc3c4c(sc23)-c2ccc(-c3ccc(C)s3)cc2C4(C)C)s1. The van der Waals surface area contributed by atoms with E-state index in [1.165, 1.54) is 72.0 Å². The van der Waals surface area contributed by atoms with Crippen LogP contribution in [0.4, 0.5) is 0 Å². The Balaban J connectivity index is 1.30. The molecule has 2 aliphatic carbocycles. The van der Waals surface area contributed by atoms with E-state index in [-0.39, 0.29) is 10.8 Å². The maximum absolute atomic E-state index is 2.47. The molecule has 0 bridgehead atoms. The molecule has 0 saturated heterocycles. The van der Waals surface area contributed by atoms with Gasteiger partial charge in [0.25, 0.3) is 0 Å². The van der Waals surface area contributed by atoms with E-state index in [1.54, 1.807) is 11.1 Å². The molecular formula is C34H28S4. The number of thiophene rings is 4. The van der Waals surface area contributed by atoms with Crippen molar-refractivity contribution in [1.82, 2.24) is 0 Å². The van der Waals surface area contributed by atoms with E-state index >= 15 is 0 Å². The zero-order valence-electron chi connectivity index (χ0n) is 22.4. The average Bonchev–Trinajstić information content (AvgIpc) is 3.69. The summed E-state index contributed by atoms with van der Waals surface area (Å²) in [7, 11) is 0. The molecule has 0 radical (unpaired) electrons. The van der Waals surface area contributed by atoms with Gasteiger partial charge in [-0.15, -0.1) is 45.3 Å². The summed E-state index contributed by atoms with van der Waals surface area (Å²) < 4.78 is 3.03. The molecule has 0 atom stereocenters. The van der Waals surface area contributed by atoms with Gasteiger partial charge in [0.2, 0.25) is 0 Å². The lowest BCUT2D eigenvalue weighted by Gasteiger charge is -2.23. The third kappa shape index (κ3) is 2.95. The fourth-order valence-electron chi connectivity index (χ4n) is 6.72. The highest BCUT2D eigenvalue weighted by Gasteiger charge is 2.45. The van der Waals surface area contributed by atoms with Crippen molar-refractivity contribution < 1.29 is 0 Å². The molecule has 38 heavy (non-hydrogen) atoms. The number of fused-ring (bicyclic) bond motifs is 9. The van der Waals surface area contributed by atoms with E-state index in [4.69, 9.17) is 0 Å². The molecule has 188 valence electrons. The second-order valence-electron chi connectivity index (χ2n) is 11.9. The largest absolute Gasteiger partial charge is 0.141 e. The van der Waals surface area contributed by atoms with E-state index < -0.39 is 0 Å². The van der Waals surface area contributed by atoms with Crippen molar-refractivity contribution >= 4 is 54.7 Å². The van der Waals surface area contributed by atoms with Crippen LogP contribution in [0.3, 0.4) is 0 Å². The van der Waals surface area contributed by atoms with Gasteiger partial charge in [0.1, 0.15) is 0 Å². The summed E-state index contributed by atoms with van der Waals surface area (Å²) in [5.41, 5.74) is 11.6. The summed E-state index contributed by atoms with van der Waals surface area (Å²) in [5.74, 6) is 0. The summed E-state index contributed by atoms with van der Waals surface area (Å²) in [5, 5.41) is 0. The zero-order chi connectivity index (χ0) is 26.1. The average molecular weight is 565 g/mol. The molecule has 4 heterocycles. The highest BCUT2D eigenvalue weighted by Crippen LogP contribution is 2.63. The number of hydrogen-bond acceptors (Lipinski definition) is 4. The molecule has 8 rings (SSSR count). The van der Waals surface area contributed by atoms with Gasteiger partial charge in [-0.3, -0.25) is 0 Å². The molecule has 0 N–H and O–H groups in total. The maximum Gasteiger partial charge on any atom is 0.0507 e. The summed E-state index contributed by atoms with van der Waals surface area (Å²) >= 11 is 7.86. The van der Waals surface area contributed by atoms with Gasteiger partial charge in [-0.2, -0.15) is 0 Å². The Morgan fingerprint density at radius 1 is 0.500 bits per heavy atom. The highest BCUT2D eigenvalue weighted by atomic mass is 32.1. The van der Waals surface area contributed by atoms with Gasteiger partial charge in [-0.1, -0.05) is 52.0 Å². The van der Waals surface area contributed by atoms with Crippen molar-refractivity contribution in [1.29, 1.82) is 0 Å². The second kappa shape index (κ2) is 7.57. The Labute approximate surface area is 240 Å². The topological polar surface area (TPSA) is 0 Å². The van der Waals surface area contributed by atoms with Gasteiger partial charge in [-0.05, 0) is 94.8 Å². The second-order valence-corrected chi connectivity index (χ2v) is 16.5. The Hall–Kier alpha value is -2.50.